The summed E-state index contributed by atoms with van der Waals surface area (Å²) in [4.78, 5) is 22.9. The smallest absolute Gasteiger partial charge is 0.163 e. The van der Waals surface area contributed by atoms with Crippen LogP contribution in [0.5, 0.6) is 0 Å². The normalized spacial score (nSPS) is 14.9. The Morgan fingerprint density at radius 3 is 2.73 bits per heavy atom. The number of fused-ring (bicyclic) bond motifs is 1. The van der Waals surface area contributed by atoms with E-state index in [2.05, 4.69) is 15.9 Å². The minimum Gasteiger partial charge on any atom is -0.294 e. The summed E-state index contributed by atoms with van der Waals surface area (Å²) < 4.78 is 0.726. The Bertz CT molecular complexity index is 449. The molecule has 0 heterocycles. The van der Waals surface area contributed by atoms with Crippen LogP contribution in [-0.2, 0) is 6.42 Å². The summed E-state index contributed by atoms with van der Waals surface area (Å²) >= 11 is 3.33. The van der Waals surface area contributed by atoms with E-state index in [1.807, 2.05) is 6.07 Å². The molecule has 0 radical (unpaired) electrons. The van der Waals surface area contributed by atoms with Gasteiger partial charge in [-0.2, -0.15) is 0 Å². The van der Waals surface area contributed by atoms with E-state index >= 15 is 0 Å². The minimum atomic E-state index is 0.0303. The average Bonchev–Trinajstić information content (AvgIpc) is 2.18. The molecule has 0 saturated heterocycles. The zero-order valence-corrected chi connectivity index (χ0v) is 10.1. The van der Waals surface area contributed by atoms with Gasteiger partial charge in [-0.3, -0.25) is 9.59 Å². The molecule has 2 nitrogen and oxygen atoms in total. The number of Topliss-reactive ketones (excluding diaryl/α,β-unsaturated/α-hetero) is 2. The lowest BCUT2D eigenvalue weighted by atomic mass is 9.89. The quantitative estimate of drug-likeness (QED) is 0.732. The monoisotopic (exact) mass is 266 g/mol. The third-order valence-corrected chi connectivity index (χ3v) is 3.38. The SMILES string of the molecule is CC(=O)c1cc2c(cc1Br)C(=O)CCC2. The van der Waals surface area contributed by atoms with Crippen LogP contribution in [-0.4, -0.2) is 11.6 Å². The highest BCUT2D eigenvalue weighted by Gasteiger charge is 2.19. The summed E-state index contributed by atoms with van der Waals surface area (Å²) in [5.74, 6) is 0.217. The molecule has 0 amide bonds. The van der Waals surface area contributed by atoms with Crippen LogP contribution in [0.25, 0.3) is 0 Å². The van der Waals surface area contributed by atoms with Crippen molar-refractivity contribution in [1.82, 2.24) is 0 Å². The third-order valence-electron chi connectivity index (χ3n) is 2.72. The topological polar surface area (TPSA) is 34.1 Å². The Labute approximate surface area is 96.8 Å². The van der Waals surface area contributed by atoms with Crippen LogP contribution in [0.4, 0.5) is 0 Å². The largest absolute Gasteiger partial charge is 0.294 e. The van der Waals surface area contributed by atoms with Crippen molar-refractivity contribution in [3.63, 3.8) is 0 Å². The summed E-state index contributed by atoms with van der Waals surface area (Å²) in [7, 11) is 0. The molecule has 0 unspecified atom stereocenters. The molecule has 15 heavy (non-hydrogen) atoms. The van der Waals surface area contributed by atoms with Crippen LogP contribution < -0.4 is 0 Å². The van der Waals surface area contributed by atoms with Crippen LogP contribution in [0.2, 0.25) is 0 Å². The lowest BCUT2D eigenvalue weighted by Crippen LogP contribution is -2.12. The predicted molar refractivity (Wildman–Crippen MR) is 61.4 cm³/mol. The number of hydrogen-bond acceptors (Lipinski definition) is 2. The maximum atomic E-state index is 11.6. The molecule has 0 bridgehead atoms. The second-order valence-electron chi connectivity index (χ2n) is 3.82. The molecule has 0 spiro atoms. The highest BCUT2D eigenvalue weighted by Crippen LogP contribution is 2.28. The molecule has 1 aromatic rings. The fraction of sp³-hybridized carbons (Fsp3) is 0.333. The van der Waals surface area contributed by atoms with Crippen LogP contribution in [0.1, 0.15) is 46.0 Å². The van der Waals surface area contributed by atoms with E-state index in [0.29, 0.717) is 12.0 Å². The Morgan fingerprint density at radius 2 is 2.07 bits per heavy atom. The van der Waals surface area contributed by atoms with Crippen LogP contribution >= 0.6 is 15.9 Å². The molecule has 1 aliphatic carbocycles. The van der Waals surface area contributed by atoms with Crippen molar-refractivity contribution in [2.75, 3.05) is 0 Å². The number of hydrogen-bond donors (Lipinski definition) is 0. The molecular formula is C12H11BrO2. The van der Waals surface area contributed by atoms with Gasteiger partial charge in [-0.15, -0.1) is 0 Å². The summed E-state index contributed by atoms with van der Waals surface area (Å²) in [5, 5.41) is 0. The van der Waals surface area contributed by atoms with Gasteiger partial charge >= 0.3 is 0 Å². The number of benzene rings is 1. The minimum absolute atomic E-state index is 0.0303. The van der Waals surface area contributed by atoms with Gasteiger partial charge in [0.15, 0.2) is 11.6 Å². The molecular weight excluding hydrogens is 256 g/mol. The summed E-state index contributed by atoms with van der Waals surface area (Å²) in [6, 6.07) is 3.63. The number of rotatable bonds is 1. The second-order valence-corrected chi connectivity index (χ2v) is 4.68. The third kappa shape index (κ3) is 1.88. The molecule has 0 saturated carbocycles. The first-order valence-electron chi connectivity index (χ1n) is 4.96. The molecule has 0 aliphatic heterocycles. The summed E-state index contributed by atoms with van der Waals surface area (Å²) in [5.41, 5.74) is 2.46. The summed E-state index contributed by atoms with van der Waals surface area (Å²) in [6.07, 6.45) is 2.41. The van der Waals surface area contributed by atoms with Gasteiger partial charge < -0.3 is 0 Å². The standard InChI is InChI=1S/C12H11BrO2/c1-7(14)9-5-8-3-2-4-12(15)10(8)6-11(9)13/h5-6H,2-4H2,1H3. The van der Waals surface area contributed by atoms with Crippen molar-refractivity contribution in [2.24, 2.45) is 0 Å². The molecule has 1 aromatic carbocycles. The van der Waals surface area contributed by atoms with Gasteiger partial charge in [0.05, 0.1) is 0 Å². The van der Waals surface area contributed by atoms with Gasteiger partial charge in [-0.05, 0) is 37.5 Å². The van der Waals surface area contributed by atoms with E-state index in [1.165, 1.54) is 6.92 Å². The van der Waals surface area contributed by atoms with Crippen molar-refractivity contribution in [1.29, 1.82) is 0 Å². The number of halogens is 1. The van der Waals surface area contributed by atoms with Crippen molar-refractivity contribution in [3.8, 4) is 0 Å². The van der Waals surface area contributed by atoms with E-state index in [4.69, 9.17) is 0 Å². The summed E-state index contributed by atoms with van der Waals surface area (Å²) in [6.45, 7) is 1.54. The van der Waals surface area contributed by atoms with Gasteiger partial charge in [-0.25, -0.2) is 0 Å². The molecule has 0 aromatic heterocycles. The van der Waals surface area contributed by atoms with E-state index < -0.39 is 0 Å². The Kier molecular flexibility index (Phi) is 2.74. The molecule has 0 N–H and O–H groups in total. The lowest BCUT2D eigenvalue weighted by Gasteiger charge is -2.16. The Morgan fingerprint density at radius 1 is 1.33 bits per heavy atom. The molecule has 0 fully saturated rings. The molecule has 1 aliphatic rings. The zero-order valence-electron chi connectivity index (χ0n) is 8.47. The van der Waals surface area contributed by atoms with Crippen LogP contribution in [0.3, 0.4) is 0 Å². The Balaban J connectivity index is 2.59. The zero-order chi connectivity index (χ0) is 11.0. The number of ketones is 2. The first-order valence-corrected chi connectivity index (χ1v) is 5.75. The van der Waals surface area contributed by atoms with Gasteiger partial charge in [0.25, 0.3) is 0 Å². The predicted octanol–water partition coefficient (Wildman–Crippen LogP) is 3.17. The fourth-order valence-electron chi connectivity index (χ4n) is 1.93. The molecule has 0 atom stereocenters. The first kappa shape index (κ1) is 10.6. The van der Waals surface area contributed by atoms with E-state index in [-0.39, 0.29) is 11.6 Å². The Hall–Kier alpha value is -0.960. The average molecular weight is 267 g/mol. The van der Waals surface area contributed by atoms with Gasteiger partial charge in [0.2, 0.25) is 0 Å². The van der Waals surface area contributed by atoms with Gasteiger partial charge in [-0.1, -0.05) is 15.9 Å². The number of carbonyl (C=O) groups excluding carboxylic acids is 2. The van der Waals surface area contributed by atoms with Crippen molar-refractivity contribution in [3.05, 3.63) is 33.3 Å². The van der Waals surface area contributed by atoms with Crippen molar-refractivity contribution >= 4 is 27.5 Å². The van der Waals surface area contributed by atoms with Crippen LogP contribution in [0, 0.1) is 0 Å². The first-order chi connectivity index (χ1) is 7.09. The molecule has 3 heteroatoms. The van der Waals surface area contributed by atoms with Crippen molar-refractivity contribution < 1.29 is 9.59 Å². The number of carbonyl (C=O) groups is 2. The highest BCUT2D eigenvalue weighted by molar-refractivity contribution is 9.10. The van der Waals surface area contributed by atoms with Gasteiger partial charge in [0.1, 0.15) is 0 Å². The van der Waals surface area contributed by atoms with E-state index in [9.17, 15) is 9.59 Å². The fourth-order valence-corrected chi connectivity index (χ4v) is 2.55. The van der Waals surface area contributed by atoms with E-state index in [1.54, 1.807) is 6.07 Å². The maximum absolute atomic E-state index is 11.6. The van der Waals surface area contributed by atoms with Gasteiger partial charge in [0, 0.05) is 22.0 Å². The van der Waals surface area contributed by atoms with E-state index in [0.717, 1.165) is 28.4 Å². The van der Waals surface area contributed by atoms with Crippen molar-refractivity contribution in [2.45, 2.75) is 26.2 Å². The maximum Gasteiger partial charge on any atom is 0.163 e. The lowest BCUT2D eigenvalue weighted by molar-refractivity contribution is 0.0968. The van der Waals surface area contributed by atoms with Crippen LogP contribution in [0.15, 0.2) is 16.6 Å². The molecule has 78 valence electrons. The second kappa shape index (κ2) is 3.89. The molecule has 2 rings (SSSR count). The number of aryl methyl sites for hydroxylation is 1. The highest BCUT2D eigenvalue weighted by atomic mass is 79.9.